The molecule has 2 fully saturated rings. The molecule has 0 bridgehead atoms. The van der Waals surface area contributed by atoms with Gasteiger partial charge in [-0.3, -0.25) is 4.79 Å². The molecule has 2 saturated heterocycles. The van der Waals surface area contributed by atoms with E-state index < -0.39 is 0 Å². The van der Waals surface area contributed by atoms with E-state index in [4.69, 9.17) is 10.5 Å². The van der Waals surface area contributed by atoms with Crippen molar-refractivity contribution in [1.82, 2.24) is 4.90 Å². The molecule has 0 unspecified atom stereocenters. The molecule has 0 aromatic heterocycles. The molecular weight excluding hydrogens is 180 g/mol. The zero-order chi connectivity index (χ0) is 10.2. The maximum absolute atomic E-state index is 11.1. The Morgan fingerprint density at radius 2 is 2.21 bits per heavy atom. The second-order valence-electron chi connectivity index (χ2n) is 4.21. The van der Waals surface area contributed by atoms with Crippen LogP contribution < -0.4 is 5.73 Å². The number of primary amides is 1. The summed E-state index contributed by atoms with van der Waals surface area (Å²) in [6.45, 7) is 5.51. The van der Waals surface area contributed by atoms with Gasteiger partial charge in [-0.2, -0.15) is 0 Å². The van der Waals surface area contributed by atoms with E-state index in [2.05, 4.69) is 0 Å². The molecule has 78 valence electrons. The first-order valence-corrected chi connectivity index (χ1v) is 4.99. The van der Waals surface area contributed by atoms with Gasteiger partial charge in [0.25, 0.3) is 5.91 Å². The van der Waals surface area contributed by atoms with Crippen LogP contribution in [-0.2, 0) is 9.53 Å². The van der Waals surface area contributed by atoms with E-state index in [-0.39, 0.29) is 5.91 Å². The lowest BCUT2D eigenvalue weighted by molar-refractivity contribution is -0.181. The first kappa shape index (κ1) is 9.52. The summed E-state index contributed by atoms with van der Waals surface area (Å²) in [5, 5.41) is 0. The van der Waals surface area contributed by atoms with Crippen LogP contribution in [0.4, 0.5) is 0 Å². The number of nitrogens with two attached hydrogens (primary N) is 1. The predicted molar refractivity (Wildman–Crippen MR) is 52.4 cm³/mol. The zero-order valence-electron chi connectivity index (χ0n) is 8.45. The van der Waals surface area contributed by atoms with Crippen molar-refractivity contribution in [2.24, 2.45) is 11.1 Å². The van der Waals surface area contributed by atoms with Crippen LogP contribution in [0.5, 0.6) is 0 Å². The van der Waals surface area contributed by atoms with Crippen LogP contribution in [0.25, 0.3) is 0 Å². The summed E-state index contributed by atoms with van der Waals surface area (Å²) in [5.41, 5.74) is 6.31. The van der Waals surface area contributed by atoms with Crippen LogP contribution in [0.15, 0.2) is 11.8 Å². The lowest BCUT2D eigenvalue weighted by Gasteiger charge is -2.56. The highest BCUT2D eigenvalue weighted by Gasteiger charge is 2.50. The number of carbonyl (C=O) groups is 1. The van der Waals surface area contributed by atoms with Crippen molar-refractivity contribution in [2.45, 2.75) is 13.3 Å². The lowest BCUT2D eigenvalue weighted by atomic mass is 9.77. The van der Waals surface area contributed by atoms with Crippen molar-refractivity contribution in [3.05, 3.63) is 11.8 Å². The smallest absolute Gasteiger partial charge is 0.264 e. The number of rotatable bonds is 3. The summed E-state index contributed by atoms with van der Waals surface area (Å²) in [6, 6.07) is 0. The molecule has 4 heteroatoms. The molecule has 1 amide bonds. The molecule has 0 aliphatic carbocycles. The Bertz CT molecular complexity index is 274. The van der Waals surface area contributed by atoms with Crippen molar-refractivity contribution >= 4 is 5.91 Å². The van der Waals surface area contributed by atoms with E-state index in [9.17, 15) is 4.79 Å². The third-order valence-electron chi connectivity index (χ3n) is 2.86. The average Bonchev–Trinajstić information content (AvgIpc) is 1.97. The van der Waals surface area contributed by atoms with Crippen LogP contribution >= 0.6 is 0 Å². The monoisotopic (exact) mass is 196 g/mol. The summed E-state index contributed by atoms with van der Waals surface area (Å²) in [6.07, 6.45) is 2.74. The Balaban J connectivity index is 1.95. The van der Waals surface area contributed by atoms with Gasteiger partial charge in [0.15, 0.2) is 0 Å². The van der Waals surface area contributed by atoms with Crippen molar-refractivity contribution in [3.63, 3.8) is 0 Å². The minimum atomic E-state index is -0.318. The molecule has 0 atom stereocenters. The highest BCUT2D eigenvalue weighted by atomic mass is 16.5. The minimum absolute atomic E-state index is 0.318. The van der Waals surface area contributed by atoms with Gasteiger partial charge in [-0.1, -0.05) is 13.0 Å². The van der Waals surface area contributed by atoms with Crippen molar-refractivity contribution in [1.29, 1.82) is 0 Å². The van der Waals surface area contributed by atoms with Gasteiger partial charge in [-0.15, -0.1) is 0 Å². The van der Waals surface area contributed by atoms with Crippen molar-refractivity contribution in [2.75, 3.05) is 26.3 Å². The molecule has 0 radical (unpaired) electrons. The van der Waals surface area contributed by atoms with Crippen LogP contribution in [-0.4, -0.2) is 37.1 Å². The Labute approximate surface area is 83.7 Å². The summed E-state index contributed by atoms with van der Waals surface area (Å²) in [5.74, 6) is -0.318. The number of likely N-dealkylation sites (tertiary alicyclic amines) is 1. The highest BCUT2D eigenvalue weighted by molar-refractivity contribution is 5.91. The van der Waals surface area contributed by atoms with Gasteiger partial charge >= 0.3 is 0 Å². The minimum Gasteiger partial charge on any atom is -0.380 e. The summed E-state index contributed by atoms with van der Waals surface area (Å²) < 4.78 is 5.17. The molecule has 2 N–H and O–H groups in total. The Morgan fingerprint density at radius 3 is 2.57 bits per heavy atom. The Hall–Kier alpha value is -1.03. The predicted octanol–water partition coefficient (Wildman–Crippen LogP) is 0.0978. The van der Waals surface area contributed by atoms with Crippen LogP contribution in [0.1, 0.15) is 13.3 Å². The van der Waals surface area contributed by atoms with Gasteiger partial charge in [-0.25, -0.2) is 0 Å². The van der Waals surface area contributed by atoms with E-state index in [0.29, 0.717) is 11.1 Å². The van der Waals surface area contributed by atoms with Gasteiger partial charge in [-0.05, 0) is 6.42 Å². The number of hydrogen-bond donors (Lipinski definition) is 1. The number of carbonyl (C=O) groups excluding carboxylic acids is 1. The topological polar surface area (TPSA) is 55.6 Å². The summed E-state index contributed by atoms with van der Waals surface area (Å²) in [7, 11) is 0. The molecule has 0 aromatic carbocycles. The van der Waals surface area contributed by atoms with Gasteiger partial charge in [0.1, 0.15) is 0 Å². The molecule has 2 heterocycles. The van der Waals surface area contributed by atoms with Crippen molar-refractivity contribution < 1.29 is 9.53 Å². The fourth-order valence-corrected chi connectivity index (χ4v) is 2.09. The van der Waals surface area contributed by atoms with E-state index in [1.807, 2.05) is 17.9 Å². The van der Waals surface area contributed by atoms with E-state index in [1.54, 1.807) is 0 Å². The fourth-order valence-electron chi connectivity index (χ4n) is 2.09. The van der Waals surface area contributed by atoms with E-state index >= 15 is 0 Å². The zero-order valence-corrected chi connectivity index (χ0v) is 8.45. The quantitative estimate of drug-likeness (QED) is 0.651. The summed E-state index contributed by atoms with van der Waals surface area (Å²) in [4.78, 5) is 13.2. The molecule has 1 spiro atoms. The fraction of sp³-hybridized carbons (Fsp3) is 0.700. The second-order valence-corrected chi connectivity index (χ2v) is 4.21. The molecular formula is C10H16N2O2. The largest absolute Gasteiger partial charge is 0.380 e. The molecule has 2 aliphatic heterocycles. The SMILES string of the molecule is CCC=C(C(N)=O)N1CC2(COC2)C1. The Kier molecular flexibility index (Phi) is 2.23. The van der Waals surface area contributed by atoms with Crippen LogP contribution in [0.2, 0.25) is 0 Å². The molecule has 2 rings (SSSR count). The number of hydrogen-bond acceptors (Lipinski definition) is 3. The average molecular weight is 196 g/mol. The second kappa shape index (κ2) is 3.28. The van der Waals surface area contributed by atoms with Gasteiger partial charge in [0, 0.05) is 13.1 Å². The number of amides is 1. The maximum atomic E-state index is 11.1. The van der Waals surface area contributed by atoms with E-state index in [1.165, 1.54) is 0 Å². The third-order valence-corrected chi connectivity index (χ3v) is 2.86. The first-order chi connectivity index (χ1) is 6.67. The number of nitrogens with zero attached hydrogens (tertiary/aromatic N) is 1. The number of allylic oxidation sites excluding steroid dienone is 1. The normalized spacial score (nSPS) is 24.4. The van der Waals surface area contributed by atoms with E-state index in [0.717, 1.165) is 32.7 Å². The van der Waals surface area contributed by atoms with Crippen molar-refractivity contribution in [3.8, 4) is 0 Å². The third kappa shape index (κ3) is 1.39. The van der Waals surface area contributed by atoms with Crippen LogP contribution in [0, 0.1) is 5.41 Å². The maximum Gasteiger partial charge on any atom is 0.264 e. The Morgan fingerprint density at radius 1 is 1.57 bits per heavy atom. The molecule has 0 saturated carbocycles. The molecule has 0 aromatic rings. The van der Waals surface area contributed by atoms with Crippen LogP contribution in [0.3, 0.4) is 0 Å². The molecule has 2 aliphatic rings. The highest BCUT2D eigenvalue weighted by Crippen LogP contribution is 2.39. The first-order valence-electron chi connectivity index (χ1n) is 4.99. The van der Waals surface area contributed by atoms with Gasteiger partial charge < -0.3 is 15.4 Å². The summed E-state index contributed by atoms with van der Waals surface area (Å²) >= 11 is 0. The standard InChI is InChI=1S/C10H16N2O2/c1-2-3-8(9(11)13)12-4-10(5-12)6-14-7-10/h3H,2,4-7H2,1H3,(H2,11,13). The molecule has 4 nitrogen and oxygen atoms in total. The molecule has 14 heavy (non-hydrogen) atoms. The van der Waals surface area contributed by atoms with Gasteiger partial charge in [0.05, 0.1) is 24.3 Å². The lowest BCUT2D eigenvalue weighted by Crippen LogP contribution is -2.66. The number of ether oxygens (including phenoxy) is 1. The van der Waals surface area contributed by atoms with Gasteiger partial charge in [0.2, 0.25) is 0 Å².